The van der Waals surface area contributed by atoms with Gasteiger partial charge in [0.2, 0.25) is 10.0 Å². The van der Waals surface area contributed by atoms with Crippen LogP contribution >= 0.6 is 0 Å². The van der Waals surface area contributed by atoms with E-state index in [-0.39, 0.29) is 18.5 Å². The molecule has 1 aliphatic heterocycles. The van der Waals surface area contributed by atoms with Crippen molar-refractivity contribution in [1.82, 2.24) is 14.9 Å². The molecule has 1 heterocycles. The molecule has 0 aromatic heterocycles. The number of quaternary nitrogens is 1. The van der Waals surface area contributed by atoms with Crippen LogP contribution in [0.5, 0.6) is 0 Å². The van der Waals surface area contributed by atoms with Crippen LogP contribution < -0.4 is 15.5 Å². The third-order valence-corrected chi connectivity index (χ3v) is 7.86. The smallest absolute Gasteiger partial charge is 0.321 e. The minimum absolute atomic E-state index is 0.171. The molecule has 1 aromatic carbocycles. The van der Waals surface area contributed by atoms with Crippen molar-refractivity contribution in [3.63, 3.8) is 0 Å². The van der Waals surface area contributed by atoms with E-state index in [9.17, 15) is 18.0 Å². The molecule has 29 heavy (non-hydrogen) atoms. The fourth-order valence-electron chi connectivity index (χ4n) is 4.09. The highest BCUT2D eigenvalue weighted by molar-refractivity contribution is 7.89. The molecule has 3 aliphatic rings. The monoisotopic (exact) mass is 421 g/mol. The first-order chi connectivity index (χ1) is 13.9. The van der Waals surface area contributed by atoms with E-state index in [0.717, 1.165) is 42.6 Å². The maximum absolute atomic E-state index is 13.0. The maximum atomic E-state index is 13.0. The van der Waals surface area contributed by atoms with Gasteiger partial charge in [0.1, 0.15) is 0 Å². The summed E-state index contributed by atoms with van der Waals surface area (Å²) in [5.41, 5.74) is 2.42. The SMILES string of the molecule is O=C(C[NH+]1CCN(S(=O)(=O)c2ccc3c(c2)CCCC3)CC1)NC(=O)NC1CC1. The zero-order chi connectivity index (χ0) is 20.4. The Kier molecular flexibility index (Phi) is 5.89. The van der Waals surface area contributed by atoms with Gasteiger partial charge in [-0.2, -0.15) is 4.31 Å². The van der Waals surface area contributed by atoms with Crippen LogP contribution in [0.4, 0.5) is 4.79 Å². The molecule has 1 saturated carbocycles. The summed E-state index contributed by atoms with van der Waals surface area (Å²) in [6, 6.07) is 5.29. The standard InChI is InChI=1S/C20H28N4O4S/c25-19(22-20(26)21-17-6-7-17)14-23-9-11-24(12-10-23)29(27,28)18-8-5-15-3-1-2-4-16(15)13-18/h5,8,13,17H,1-4,6-7,9-12,14H2,(H2,21,22,25,26)/p+1. The van der Waals surface area contributed by atoms with Crippen molar-refractivity contribution in [2.45, 2.75) is 49.5 Å². The summed E-state index contributed by atoms with van der Waals surface area (Å²) in [6.45, 7) is 2.00. The summed E-state index contributed by atoms with van der Waals surface area (Å²) in [7, 11) is -3.52. The second kappa shape index (κ2) is 8.41. The average molecular weight is 422 g/mol. The van der Waals surface area contributed by atoms with Gasteiger partial charge < -0.3 is 10.2 Å². The van der Waals surface area contributed by atoms with Crippen molar-refractivity contribution in [2.24, 2.45) is 0 Å². The minimum Gasteiger partial charge on any atom is -0.335 e. The van der Waals surface area contributed by atoms with E-state index < -0.39 is 16.1 Å². The highest BCUT2D eigenvalue weighted by atomic mass is 32.2. The largest absolute Gasteiger partial charge is 0.335 e. The molecule has 2 aliphatic carbocycles. The number of nitrogens with zero attached hydrogens (tertiary/aromatic N) is 1. The number of amides is 3. The molecule has 9 heteroatoms. The van der Waals surface area contributed by atoms with Crippen molar-refractivity contribution >= 4 is 22.0 Å². The number of imide groups is 1. The van der Waals surface area contributed by atoms with Crippen LogP contribution in [0.25, 0.3) is 0 Å². The van der Waals surface area contributed by atoms with Crippen LogP contribution in [0.3, 0.4) is 0 Å². The third-order valence-electron chi connectivity index (χ3n) is 5.96. The zero-order valence-corrected chi connectivity index (χ0v) is 17.4. The van der Waals surface area contributed by atoms with E-state index in [1.165, 1.54) is 16.3 Å². The number of carbonyl (C=O) groups is 2. The fourth-order valence-corrected chi connectivity index (χ4v) is 5.58. The molecule has 0 spiro atoms. The molecule has 3 N–H and O–H groups in total. The maximum Gasteiger partial charge on any atom is 0.321 e. The molecular formula is C20H29N4O4S+. The number of benzene rings is 1. The van der Waals surface area contributed by atoms with Crippen molar-refractivity contribution in [3.8, 4) is 0 Å². The minimum atomic E-state index is -3.52. The van der Waals surface area contributed by atoms with Crippen molar-refractivity contribution < 1.29 is 22.9 Å². The Morgan fingerprint density at radius 2 is 1.76 bits per heavy atom. The van der Waals surface area contributed by atoms with E-state index in [1.54, 1.807) is 6.07 Å². The van der Waals surface area contributed by atoms with Gasteiger partial charge in [-0.05, 0) is 61.8 Å². The zero-order valence-electron chi connectivity index (χ0n) is 16.6. The number of sulfonamides is 1. The summed E-state index contributed by atoms with van der Waals surface area (Å²) in [5, 5.41) is 5.07. The Balaban J connectivity index is 1.30. The average Bonchev–Trinajstić information content (AvgIpc) is 3.51. The van der Waals surface area contributed by atoms with Gasteiger partial charge in [-0.25, -0.2) is 13.2 Å². The van der Waals surface area contributed by atoms with E-state index in [2.05, 4.69) is 10.6 Å². The molecule has 158 valence electrons. The molecule has 8 nitrogen and oxygen atoms in total. The van der Waals surface area contributed by atoms with E-state index in [1.807, 2.05) is 12.1 Å². The number of carbonyl (C=O) groups excluding carboxylic acids is 2. The van der Waals surface area contributed by atoms with Gasteiger partial charge in [0.15, 0.2) is 6.54 Å². The van der Waals surface area contributed by atoms with Gasteiger partial charge >= 0.3 is 6.03 Å². The molecule has 0 unspecified atom stereocenters. The summed E-state index contributed by atoms with van der Waals surface area (Å²) < 4.78 is 27.6. The molecule has 0 bridgehead atoms. The van der Waals surface area contributed by atoms with Crippen molar-refractivity contribution in [1.29, 1.82) is 0 Å². The molecule has 1 aromatic rings. The number of nitrogens with one attached hydrogen (secondary N) is 3. The normalized spacial score (nSPS) is 20.7. The lowest BCUT2D eigenvalue weighted by Crippen LogP contribution is -3.15. The lowest BCUT2D eigenvalue weighted by molar-refractivity contribution is -0.895. The highest BCUT2D eigenvalue weighted by Gasteiger charge is 2.32. The fraction of sp³-hybridized carbons (Fsp3) is 0.600. The molecule has 3 amide bonds. The topological polar surface area (TPSA) is 100 Å². The number of urea groups is 1. The molecule has 1 saturated heterocycles. The Hall–Kier alpha value is -1.97. The first-order valence-electron chi connectivity index (χ1n) is 10.5. The predicted octanol–water partition coefficient (Wildman–Crippen LogP) is -0.557. The van der Waals surface area contributed by atoms with Gasteiger partial charge in [0, 0.05) is 6.04 Å². The van der Waals surface area contributed by atoms with Crippen LogP contribution in [-0.2, 0) is 27.7 Å². The van der Waals surface area contributed by atoms with Crippen LogP contribution in [0, 0.1) is 0 Å². The third kappa shape index (κ3) is 4.96. The summed E-state index contributed by atoms with van der Waals surface area (Å²) >= 11 is 0. The number of aryl methyl sites for hydroxylation is 2. The lowest BCUT2D eigenvalue weighted by Gasteiger charge is -2.31. The van der Waals surface area contributed by atoms with Gasteiger partial charge in [0.25, 0.3) is 5.91 Å². The van der Waals surface area contributed by atoms with E-state index in [4.69, 9.17) is 0 Å². The van der Waals surface area contributed by atoms with Crippen LogP contribution in [0.2, 0.25) is 0 Å². The predicted molar refractivity (Wildman–Crippen MR) is 107 cm³/mol. The highest BCUT2D eigenvalue weighted by Crippen LogP contribution is 2.25. The second-order valence-corrected chi connectivity index (χ2v) is 10.2. The van der Waals surface area contributed by atoms with Crippen molar-refractivity contribution in [3.05, 3.63) is 29.3 Å². The van der Waals surface area contributed by atoms with E-state index >= 15 is 0 Å². The number of piperazine rings is 1. The van der Waals surface area contributed by atoms with Gasteiger partial charge in [-0.3, -0.25) is 10.1 Å². The molecule has 0 atom stereocenters. The summed E-state index contributed by atoms with van der Waals surface area (Å²) in [4.78, 5) is 25.0. The number of fused-ring (bicyclic) bond motifs is 1. The summed E-state index contributed by atoms with van der Waals surface area (Å²) in [5.74, 6) is -0.329. The summed E-state index contributed by atoms with van der Waals surface area (Å²) in [6.07, 6.45) is 6.18. The van der Waals surface area contributed by atoms with Gasteiger partial charge in [0.05, 0.1) is 31.1 Å². The van der Waals surface area contributed by atoms with Gasteiger partial charge in [-0.1, -0.05) is 6.07 Å². The number of rotatable bonds is 5. The van der Waals surface area contributed by atoms with Crippen LogP contribution in [0.1, 0.15) is 36.8 Å². The van der Waals surface area contributed by atoms with Crippen molar-refractivity contribution in [2.75, 3.05) is 32.7 Å². The Bertz CT molecular complexity index is 890. The second-order valence-electron chi connectivity index (χ2n) is 8.26. The molecule has 2 fully saturated rings. The Morgan fingerprint density at radius 3 is 2.45 bits per heavy atom. The molecule has 4 rings (SSSR count). The number of hydrogen-bond acceptors (Lipinski definition) is 4. The first-order valence-corrected chi connectivity index (χ1v) is 11.9. The number of hydrogen-bond donors (Lipinski definition) is 3. The Labute approximate surface area is 171 Å². The van der Waals surface area contributed by atoms with Crippen LogP contribution in [-0.4, -0.2) is 63.4 Å². The molecule has 0 radical (unpaired) electrons. The van der Waals surface area contributed by atoms with Gasteiger partial charge in [-0.15, -0.1) is 0 Å². The Morgan fingerprint density at radius 1 is 1.07 bits per heavy atom. The molecular weight excluding hydrogens is 392 g/mol. The lowest BCUT2D eigenvalue weighted by atomic mass is 9.92. The van der Waals surface area contributed by atoms with E-state index in [0.29, 0.717) is 31.1 Å². The quantitative estimate of drug-likeness (QED) is 0.594. The van der Waals surface area contributed by atoms with Crippen LogP contribution in [0.15, 0.2) is 23.1 Å². The first kappa shape index (κ1) is 20.3.